The molecule has 2 unspecified atom stereocenters. The molecular weight excluding hydrogens is 254 g/mol. The molecule has 2 atom stereocenters. The van der Waals surface area contributed by atoms with Crippen molar-refractivity contribution in [3.8, 4) is 0 Å². The molecule has 0 spiro atoms. The lowest BCUT2D eigenvalue weighted by Crippen LogP contribution is -2.51. The van der Waals surface area contributed by atoms with Gasteiger partial charge in [0.15, 0.2) is 5.65 Å². The van der Waals surface area contributed by atoms with Gasteiger partial charge in [0.05, 0.1) is 12.1 Å². The largest absolute Gasteiger partial charge is 0.325 e. The van der Waals surface area contributed by atoms with Crippen molar-refractivity contribution in [2.45, 2.75) is 38.1 Å². The highest BCUT2D eigenvalue weighted by molar-refractivity contribution is 5.93. The van der Waals surface area contributed by atoms with Crippen molar-refractivity contribution >= 4 is 17.4 Å². The Morgan fingerprint density at radius 2 is 2.30 bits per heavy atom. The molecular formula is C14H19N5O. The average molecular weight is 273 g/mol. The van der Waals surface area contributed by atoms with Crippen LogP contribution in [0.15, 0.2) is 24.5 Å². The van der Waals surface area contributed by atoms with E-state index in [1.54, 1.807) is 29.0 Å². The third kappa shape index (κ3) is 2.27. The lowest BCUT2D eigenvalue weighted by atomic mass is 9.74. The lowest BCUT2D eigenvalue weighted by Gasteiger charge is -2.37. The number of anilines is 1. The van der Waals surface area contributed by atoms with Crippen LogP contribution < -0.4 is 11.1 Å². The Morgan fingerprint density at radius 1 is 1.45 bits per heavy atom. The monoisotopic (exact) mass is 273 g/mol. The molecule has 2 aromatic rings. The van der Waals surface area contributed by atoms with Gasteiger partial charge in [0, 0.05) is 17.8 Å². The molecule has 1 amide bonds. The second kappa shape index (κ2) is 4.86. The predicted octanol–water partition coefficient (Wildman–Crippen LogP) is 1.58. The fraction of sp³-hybridized carbons (Fsp3) is 0.500. The van der Waals surface area contributed by atoms with Gasteiger partial charge < -0.3 is 11.1 Å². The first kappa shape index (κ1) is 13.1. The molecule has 3 rings (SSSR count). The maximum Gasteiger partial charge on any atom is 0.230 e. The molecule has 3 N–H and O–H groups in total. The number of nitrogens with one attached hydrogen (secondary N) is 1. The van der Waals surface area contributed by atoms with Crippen molar-refractivity contribution < 1.29 is 4.79 Å². The summed E-state index contributed by atoms with van der Waals surface area (Å²) in [6, 6.07) is 3.54. The van der Waals surface area contributed by atoms with E-state index >= 15 is 0 Å². The molecule has 106 valence electrons. The predicted molar refractivity (Wildman–Crippen MR) is 76.2 cm³/mol. The van der Waals surface area contributed by atoms with Crippen molar-refractivity contribution in [1.29, 1.82) is 0 Å². The molecule has 20 heavy (non-hydrogen) atoms. The van der Waals surface area contributed by atoms with Gasteiger partial charge >= 0.3 is 0 Å². The van der Waals surface area contributed by atoms with Gasteiger partial charge in [-0.2, -0.15) is 9.61 Å². The van der Waals surface area contributed by atoms with E-state index in [0.717, 1.165) is 25.7 Å². The van der Waals surface area contributed by atoms with Crippen LogP contribution in [0.3, 0.4) is 0 Å². The smallest absolute Gasteiger partial charge is 0.230 e. The van der Waals surface area contributed by atoms with Gasteiger partial charge in [0.2, 0.25) is 5.91 Å². The number of fused-ring (bicyclic) bond motifs is 1. The van der Waals surface area contributed by atoms with Crippen LogP contribution in [0, 0.1) is 5.92 Å². The van der Waals surface area contributed by atoms with E-state index in [0.29, 0.717) is 11.5 Å². The normalized spacial score (nSPS) is 26.6. The molecule has 0 aliphatic heterocycles. The van der Waals surface area contributed by atoms with Crippen LogP contribution >= 0.6 is 0 Å². The average Bonchev–Trinajstić information content (AvgIpc) is 2.87. The molecule has 1 aliphatic rings. The van der Waals surface area contributed by atoms with Gasteiger partial charge in [0.25, 0.3) is 0 Å². The molecule has 0 radical (unpaired) electrons. The molecule has 0 bridgehead atoms. The topological polar surface area (TPSA) is 85.3 Å². The second-order valence-corrected chi connectivity index (χ2v) is 5.72. The van der Waals surface area contributed by atoms with Crippen molar-refractivity contribution in [2.24, 2.45) is 11.7 Å². The van der Waals surface area contributed by atoms with Crippen molar-refractivity contribution in [1.82, 2.24) is 14.6 Å². The zero-order valence-electron chi connectivity index (χ0n) is 11.5. The number of rotatable bonds is 2. The summed E-state index contributed by atoms with van der Waals surface area (Å²) in [5.74, 6) is 0.444. The standard InChI is InChI=1S/C14H19N5O/c1-14(15)7-3-2-4-10(14)13(20)18-12-5-8-16-11-6-9-17-19(11)12/h5-6,8-10H,2-4,7,15H2,1H3,(H,18,20). The summed E-state index contributed by atoms with van der Waals surface area (Å²) in [7, 11) is 0. The number of carbonyl (C=O) groups is 1. The summed E-state index contributed by atoms with van der Waals surface area (Å²) in [5, 5.41) is 7.10. The number of hydrogen-bond donors (Lipinski definition) is 2. The number of hydrogen-bond acceptors (Lipinski definition) is 4. The van der Waals surface area contributed by atoms with Crippen LogP contribution in [0.25, 0.3) is 5.65 Å². The number of amides is 1. The van der Waals surface area contributed by atoms with E-state index < -0.39 is 5.54 Å². The van der Waals surface area contributed by atoms with Gasteiger partial charge in [-0.1, -0.05) is 12.8 Å². The molecule has 0 saturated heterocycles. The first-order chi connectivity index (χ1) is 9.58. The highest BCUT2D eigenvalue weighted by Gasteiger charge is 2.37. The van der Waals surface area contributed by atoms with Crippen LogP contribution in [-0.4, -0.2) is 26.0 Å². The summed E-state index contributed by atoms with van der Waals surface area (Å²) in [5.41, 5.74) is 6.55. The zero-order valence-corrected chi connectivity index (χ0v) is 11.5. The third-order valence-electron chi connectivity index (χ3n) is 4.11. The van der Waals surface area contributed by atoms with E-state index in [1.165, 1.54) is 0 Å². The number of nitrogens with zero attached hydrogens (tertiary/aromatic N) is 3. The molecule has 1 fully saturated rings. The Hall–Kier alpha value is -1.95. The molecule has 1 aliphatic carbocycles. The third-order valence-corrected chi connectivity index (χ3v) is 4.11. The van der Waals surface area contributed by atoms with E-state index in [1.807, 2.05) is 6.92 Å². The molecule has 0 aromatic carbocycles. The van der Waals surface area contributed by atoms with E-state index in [4.69, 9.17) is 5.73 Å². The van der Waals surface area contributed by atoms with Gasteiger partial charge in [0.1, 0.15) is 5.82 Å². The van der Waals surface area contributed by atoms with Gasteiger partial charge in [-0.15, -0.1) is 0 Å². The first-order valence-corrected chi connectivity index (χ1v) is 6.96. The zero-order chi connectivity index (χ0) is 14.2. The number of nitrogens with two attached hydrogens (primary N) is 1. The fourth-order valence-electron chi connectivity index (χ4n) is 2.93. The summed E-state index contributed by atoms with van der Waals surface area (Å²) in [6.07, 6.45) is 7.19. The summed E-state index contributed by atoms with van der Waals surface area (Å²) >= 11 is 0. The fourth-order valence-corrected chi connectivity index (χ4v) is 2.93. The van der Waals surface area contributed by atoms with E-state index in [-0.39, 0.29) is 11.8 Å². The molecule has 2 heterocycles. The Bertz CT molecular complexity index is 633. The Labute approximate surface area is 117 Å². The maximum atomic E-state index is 12.5. The summed E-state index contributed by atoms with van der Waals surface area (Å²) in [4.78, 5) is 16.7. The molecule has 2 aromatic heterocycles. The second-order valence-electron chi connectivity index (χ2n) is 5.72. The quantitative estimate of drug-likeness (QED) is 0.869. The van der Waals surface area contributed by atoms with Crippen LogP contribution in [0.1, 0.15) is 32.6 Å². The van der Waals surface area contributed by atoms with Crippen LogP contribution in [0.5, 0.6) is 0 Å². The summed E-state index contributed by atoms with van der Waals surface area (Å²) < 4.78 is 1.62. The Kier molecular flexibility index (Phi) is 3.17. The Balaban J connectivity index is 1.83. The lowest BCUT2D eigenvalue weighted by molar-refractivity contribution is -0.122. The number of aromatic nitrogens is 3. The van der Waals surface area contributed by atoms with E-state index in [2.05, 4.69) is 15.4 Å². The minimum Gasteiger partial charge on any atom is -0.325 e. The SMILES string of the molecule is CC1(N)CCCCC1C(=O)Nc1ccnc2ccnn12. The minimum atomic E-state index is -0.432. The maximum absolute atomic E-state index is 12.5. The van der Waals surface area contributed by atoms with Gasteiger partial charge in [-0.25, -0.2) is 4.98 Å². The van der Waals surface area contributed by atoms with Crippen LogP contribution in [-0.2, 0) is 4.79 Å². The molecule has 6 nitrogen and oxygen atoms in total. The Morgan fingerprint density at radius 3 is 3.10 bits per heavy atom. The highest BCUT2D eigenvalue weighted by Crippen LogP contribution is 2.32. The minimum absolute atomic E-state index is 0.0299. The highest BCUT2D eigenvalue weighted by atomic mass is 16.2. The summed E-state index contributed by atoms with van der Waals surface area (Å²) in [6.45, 7) is 1.96. The first-order valence-electron chi connectivity index (χ1n) is 6.96. The molecule has 1 saturated carbocycles. The van der Waals surface area contributed by atoms with Crippen LogP contribution in [0.2, 0.25) is 0 Å². The van der Waals surface area contributed by atoms with Crippen molar-refractivity contribution in [3.63, 3.8) is 0 Å². The van der Waals surface area contributed by atoms with Crippen molar-refractivity contribution in [2.75, 3.05) is 5.32 Å². The van der Waals surface area contributed by atoms with Crippen molar-refractivity contribution in [3.05, 3.63) is 24.5 Å². The van der Waals surface area contributed by atoms with E-state index in [9.17, 15) is 4.79 Å². The van der Waals surface area contributed by atoms with Crippen LogP contribution in [0.4, 0.5) is 5.82 Å². The van der Waals surface area contributed by atoms with Gasteiger partial charge in [-0.3, -0.25) is 4.79 Å². The number of carbonyl (C=O) groups excluding carboxylic acids is 1. The van der Waals surface area contributed by atoms with Gasteiger partial charge in [-0.05, 0) is 25.8 Å². The molecule has 6 heteroatoms.